The van der Waals surface area contributed by atoms with E-state index in [1.807, 2.05) is 17.0 Å². The summed E-state index contributed by atoms with van der Waals surface area (Å²) in [6.45, 7) is 4.91. The molecule has 1 fully saturated rings. The molecule has 0 aromatic heterocycles. The van der Waals surface area contributed by atoms with E-state index in [0.29, 0.717) is 12.3 Å². The Morgan fingerprint density at radius 3 is 2.63 bits per heavy atom. The number of aliphatic imine (C=N–C) groups is 1. The molecule has 150 valence electrons. The number of rotatable bonds is 6. The fourth-order valence-corrected chi connectivity index (χ4v) is 3.69. The van der Waals surface area contributed by atoms with Crippen molar-refractivity contribution in [3.05, 3.63) is 35.4 Å². The van der Waals surface area contributed by atoms with Crippen LogP contribution in [0.4, 0.5) is 0 Å². The van der Waals surface area contributed by atoms with Crippen LogP contribution in [0.15, 0.2) is 29.3 Å². The standard InChI is InChI=1S/C20H30N4O2.HI/c1-21-20(23(2)12-16-9-11-26-15-16)22-10-5-8-19(25)24-13-17-6-3-4-7-18(17)14-24;/h3-4,6-7,16H,5,8-15H2,1-2H3,(H,21,22);1H. The maximum Gasteiger partial charge on any atom is 0.223 e. The number of guanidine groups is 1. The fourth-order valence-electron chi connectivity index (χ4n) is 3.69. The van der Waals surface area contributed by atoms with Crippen molar-refractivity contribution < 1.29 is 9.53 Å². The Kier molecular flexibility index (Phi) is 8.82. The van der Waals surface area contributed by atoms with E-state index in [1.165, 1.54) is 11.1 Å². The number of carbonyl (C=O) groups excluding carboxylic acids is 1. The Bertz CT molecular complexity index is 622. The third-order valence-electron chi connectivity index (χ3n) is 5.17. The SMILES string of the molecule is CN=C(NCCCC(=O)N1Cc2ccccc2C1)N(C)CC1CCOC1.I. The van der Waals surface area contributed by atoms with E-state index < -0.39 is 0 Å². The van der Waals surface area contributed by atoms with Crippen LogP contribution in [0.3, 0.4) is 0 Å². The highest BCUT2D eigenvalue weighted by Crippen LogP contribution is 2.22. The molecule has 0 aliphatic carbocycles. The van der Waals surface area contributed by atoms with Gasteiger partial charge in [0.15, 0.2) is 5.96 Å². The van der Waals surface area contributed by atoms with Crippen molar-refractivity contribution >= 4 is 35.8 Å². The summed E-state index contributed by atoms with van der Waals surface area (Å²) in [4.78, 5) is 20.9. The lowest BCUT2D eigenvalue weighted by Gasteiger charge is -2.24. The largest absolute Gasteiger partial charge is 0.381 e. The predicted octanol–water partition coefficient (Wildman–Crippen LogP) is 2.47. The summed E-state index contributed by atoms with van der Waals surface area (Å²) in [6.07, 6.45) is 2.50. The van der Waals surface area contributed by atoms with Gasteiger partial charge in [0.25, 0.3) is 0 Å². The fraction of sp³-hybridized carbons (Fsp3) is 0.600. The van der Waals surface area contributed by atoms with E-state index in [4.69, 9.17) is 4.74 Å². The first-order valence-corrected chi connectivity index (χ1v) is 9.51. The molecule has 3 rings (SSSR count). The molecular formula is C20H31IN4O2. The Hall–Kier alpha value is -1.35. The first-order chi connectivity index (χ1) is 12.7. The van der Waals surface area contributed by atoms with Gasteiger partial charge in [0, 0.05) is 59.2 Å². The second-order valence-electron chi connectivity index (χ2n) is 7.21. The van der Waals surface area contributed by atoms with E-state index in [2.05, 4.69) is 34.4 Å². The zero-order valence-electron chi connectivity index (χ0n) is 16.3. The molecule has 2 aliphatic rings. The Morgan fingerprint density at radius 1 is 1.33 bits per heavy atom. The average molecular weight is 486 g/mol. The van der Waals surface area contributed by atoms with Crippen molar-refractivity contribution in [1.29, 1.82) is 0 Å². The molecule has 0 spiro atoms. The number of hydrogen-bond donors (Lipinski definition) is 1. The summed E-state index contributed by atoms with van der Waals surface area (Å²) in [7, 11) is 3.86. The molecule has 1 aromatic rings. The van der Waals surface area contributed by atoms with Crippen molar-refractivity contribution in [3.8, 4) is 0 Å². The van der Waals surface area contributed by atoms with Gasteiger partial charge in [0.05, 0.1) is 6.61 Å². The summed E-state index contributed by atoms with van der Waals surface area (Å²) >= 11 is 0. The minimum Gasteiger partial charge on any atom is -0.381 e. The molecule has 1 unspecified atom stereocenters. The zero-order chi connectivity index (χ0) is 18.4. The lowest BCUT2D eigenvalue weighted by atomic mass is 10.1. The molecule has 1 N–H and O–H groups in total. The number of amides is 1. The van der Waals surface area contributed by atoms with Gasteiger partial charge in [-0.25, -0.2) is 0 Å². The number of carbonyl (C=O) groups is 1. The monoisotopic (exact) mass is 486 g/mol. The highest BCUT2D eigenvalue weighted by molar-refractivity contribution is 14.0. The van der Waals surface area contributed by atoms with E-state index in [-0.39, 0.29) is 29.9 Å². The van der Waals surface area contributed by atoms with Crippen LogP contribution in [0.2, 0.25) is 0 Å². The maximum absolute atomic E-state index is 12.4. The van der Waals surface area contributed by atoms with Crippen molar-refractivity contribution in [3.63, 3.8) is 0 Å². The molecule has 0 saturated carbocycles. The van der Waals surface area contributed by atoms with E-state index in [9.17, 15) is 4.79 Å². The van der Waals surface area contributed by atoms with E-state index >= 15 is 0 Å². The predicted molar refractivity (Wildman–Crippen MR) is 118 cm³/mol. The Morgan fingerprint density at radius 2 is 2.04 bits per heavy atom. The number of halogens is 1. The second kappa shape index (κ2) is 10.8. The third-order valence-corrected chi connectivity index (χ3v) is 5.17. The highest BCUT2D eigenvalue weighted by Gasteiger charge is 2.22. The molecule has 1 saturated heterocycles. The Labute approximate surface area is 179 Å². The van der Waals surface area contributed by atoms with Gasteiger partial charge in [-0.1, -0.05) is 24.3 Å². The number of nitrogens with one attached hydrogen (secondary N) is 1. The van der Waals surface area contributed by atoms with Crippen molar-refractivity contribution in [2.75, 3.05) is 40.4 Å². The average Bonchev–Trinajstić information content (AvgIpc) is 3.30. The Balaban J connectivity index is 0.00000261. The summed E-state index contributed by atoms with van der Waals surface area (Å²) < 4.78 is 5.44. The minimum absolute atomic E-state index is 0. The molecule has 0 bridgehead atoms. The van der Waals surface area contributed by atoms with Crippen LogP contribution >= 0.6 is 24.0 Å². The molecule has 1 amide bonds. The van der Waals surface area contributed by atoms with Gasteiger partial charge >= 0.3 is 0 Å². The van der Waals surface area contributed by atoms with Crippen molar-refractivity contribution in [2.45, 2.75) is 32.4 Å². The van der Waals surface area contributed by atoms with Crippen LogP contribution in [0.25, 0.3) is 0 Å². The first kappa shape index (κ1) is 21.9. The number of hydrogen-bond acceptors (Lipinski definition) is 3. The van der Waals surface area contributed by atoms with Crippen LogP contribution in [0.5, 0.6) is 0 Å². The molecule has 0 radical (unpaired) electrons. The molecule has 7 heteroatoms. The molecule has 2 heterocycles. The van der Waals surface area contributed by atoms with Crippen LogP contribution < -0.4 is 5.32 Å². The van der Waals surface area contributed by atoms with E-state index in [0.717, 1.165) is 58.2 Å². The zero-order valence-corrected chi connectivity index (χ0v) is 18.6. The number of benzene rings is 1. The van der Waals surface area contributed by atoms with Gasteiger partial charge in [-0.2, -0.15) is 0 Å². The van der Waals surface area contributed by atoms with Gasteiger partial charge in [-0.05, 0) is 24.0 Å². The molecule has 1 aromatic carbocycles. The van der Waals surface area contributed by atoms with Gasteiger partial charge in [0.1, 0.15) is 0 Å². The van der Waals surface area contributed by atoms with Gasteiger partial charge in [-0.15, -0.1) is 24.0 Å². The maximum atomic E-state index is 12.4. The van der Waals surface area contributed by atoms with Crippen molar-refractivity contribution in [2.24, 2.45) is 10.9 Å². The van der Waals surface area contributed by atoms with E-state index in [1.54, 1.807) is 7.05 Å². The number of fused-ring (bicyclic) bond motifs is 1. The molecule has 1 atom stereocenters. The molecule has 6 nitrogen and oxygen atoms in total. The van der Waals surface area contributed by atoms with Crippen molar-refractivity contribution in [1.82, 2.24) is 15.1 Å². The van der Waals surface area contributed by atoms with Gasteiger partial charge in [0.2, 0.25) is 5.91 Å². The molecular weight excluding hydrogens is 455 g/mol. The topological polar surface area (TPSA) is 57.2 Å². The molecule has 2 aliphatic heterocycles. The quantitative estimate of drug-likeness (QED) is 0.291. The number of ether oxygens (including phenoxy) is 1. The molecule has 27 heavy (non-hydrogen) atoms. The van der Waals surface area contributed by atoms with Crippen LogP contribution in [-0.4, -0.2) is 62.1 Å². The van der Waals surface area contributed by atoms with Gasteiger partial charge < -0.3 is 19.9 Å². The normalized spacial score (nSPS) is 18.8. The number of nitrogens with zero attached hydrogens (tertiary/aromatic N) is 3. The lowest BCUT2D eigenvalue weighted by Crippen LogP contribution is -2.42. The summed E-state index contributed by atoms with van der Waals surface area (Å²) in [5, 5.41) is 3.37. The summed E-state index contributed by atoms with van der Waals surface area (Å²) in [5.41, 5.74) is 2.55. The third kappa shape index (κ3) is 6.07. The van der Waals surface area contributed by atoms with Gasteiger partial charge in [-0.3, -0.25) is 9.79 Å². The first-order valence-electron chi connectivity index (χ1n) is 9.51. The lowest BCUT2D eigenvalue weighted by molar-refractivity contribution is -0.131. The second-order valence-corrected chi connectivity index (χ2v) is 7.21. The van der Waals surface area contributed by atoms with Crippen LogP contribution in [0, 0.1) is 5.92 Å². The van der Waals surface area contributed by atoms with Crippen LogP contribution in [0.1, 0.15) is 30.4 Å². The minimum atomic E-state index is 0. The van der Waals surface area contributed by atoms with Crippen LogP contribution in [-0.2, 0) is 22.6 Å². The summed E-state index contributed by atoms with van der Waals surface area (Å²) in [6, 6.07) is 8.30. The summed E-state index contributed by atoms with van der Waals surface area (Å²) in [5.74, 6) is 1.70. The highest BCUT2D eigenvalue weighted by atomic mass is 127. The smallest absolute Gasteiger partial charge is 0.223 e.